The van der Waals surface area contributed by atoms with Crippen LogP contribution in [0.2, 0.25) is 0 Å². The van der Waals surface area contributed by atoms with E-state index in [2.05, 4.69) is 33.6 Å². The lowest BCUT2D eigenvalue weighted by Crippen LogP contribution is -2.27. The Hall–Kier alpha value is -2.47. The molecule has 1 atom stereocenters. The number of carbonyl (C=O) groups is 1. The Kier molecular flexibility index (Phi) is 4.59. The number of aromatic nitrogens is 3. The molecule has 0 spiro atoms. The number of hydrogen-bond acceptors (Lipinski definition) is 4. The van der Waals surface area contributed by atoms with Crippen LogP contribution in [0.5, 0.6) is 0 Å². The monoisotopic (exact) mass is 366 g/mol. The Morgan fingerprint density at radius 3 is 2.85 bits per heavy atom. The van der Waals surface area contributed by atoms with E-state index in [1.165, 1.54) is 41.7 Å². The van der Waals surface area contributed by atoms with Crippen LogP contribution < -0.4 is 5.32 Å². The number of rotatable bonds is 4. The highest BCUT2D eigenvalue weighted by molar-refractivity contribution is 7.13. The van der Waals surface area contributed by atoms with Crippen molar-refractivity contribution in [1.82, 2.24) is 20.1 Å². The largest absolute Gasteiger partial charge is 0.344 e. The van der Waals surface area contributed by atoms with Crippen LogP contribution in [-0.2, 0) is 19.9 Å². The number of aryl methyl sites for hydroxylation is 3. The number of carbonyl (C=O) groups excluding carboxylic acids is 1. The topological polar surface area (TPSA) is 59.8 Å². The second-order valence-electron chi connectivity index (χ2n) is 6.87. The van der Waals surface area contributed by atoms with Crippen LogP contribution in [0.3, 0.4) is 0 Å². The lowest BCUT2D eigenvalue weighted by molar-refractivity contribution is 0.0935. The van der Waals surface area contributed by atoms with Crippen LogP contribution in [0, 0.1) is 0 Å². The summed E-state index contributed by atoms with van der Waals surface area (Å²) in [4.78, 5) is 17.0. The van der Waals surface area contributed by atoms with Crippen LogP contribution in [0.1, 0.15) is 53.0 Å². The summed E-state index contributed by atoms with van der Waals surface area (Å²) in [7, 11) is 1.87. The first-order valence-electron chi connectivity index (χ1n) is 8.97. The van der Waals surface area contributed by atoms with E-state index in [0.717, 1.165) is 22.6 Å². The maximum Gasteiger partial charge on any atom is 0.271 e. The van der Waals surface area contributed by atoms with Crippen LogP contribution in [-0.4, -0.2) is 20.7 Å². The SMILES string of the molecule is CC(NC(=O)c1csc(-c2cnn(C)c2)n1)c1ccc2c(c1)CCCC2. The first-order chi connectivity index (χ1) is 12.6. The molecule has 0 saturated carbocycles. The van der Waals surface area contributed by atoms with Gasteiger partial charge in [-0.15, -0.1) is 11.3 Å². The second-order valence-corrected chi connectivity index (χ2v) is 7.73. The van der Waals surface area contributed by atoms with Crippen molar-refractivity contribution in [1.29, 1.82) is 0 Å². The summed E-state index contributed by atoms with van der Waals surface area (Å²) in [5, 5.41) is 9.84. The third kappa shape index (κ3) is 3.42. The van der Waals surface area contributed by atoms with Gasteiger partial charge >= 0.3 is 0 Å². The lowest BCUT2D eigenvalue weighted by atomic mass is 9.89. The maximum atomic E-state index is 12.6. The van der Waals surface area contributed by atoms with Crippen molar-refractivity contribution in [2.24, 2.45) is 7.05 Å². The fourth-order valence-electron chi connectivity index (χ4n) is 3.42. The average Bonchev–Trinajstić information content (AvgIpc) is 3.30. The molecule has 2 heterocycles. The number of nitrogens with zero attached hydrogens (tertiary/aromatic N) is 3. The summed E-state index contributed by atoms with van der Waals surface area (Å²) in [5.41, 5.74) is 5.43. The van der Waals surface area contributed by atoms with Gasteiger partial charge in [0.25, 0.3) is 5.91 Å². The number of nitrogens with one attached hydrogen (secondary N) is 1. The molecule has 1 unspecified atom stereocenters. The van der Waals surface area contributed by atoms with E-state index < -0.39 is 0 Å². The van der Waals surface area contributed by atoms with Crippen molar-refractivity contribution in [3.05, 3.63) is 58.4 Å². The first kappa shape index (κ1) is 17.0. The molecular formula is C20H22N4OS. The van der Waals surface area contributed by atoms with Crippen molar-refractivity contribution >= 4 is 17.2 Å². The molecule has 1 N–H and O–H groups in total. The van der Waals surface area contributed by atoms with Gasteiger partial charge < -0.3 is 5.32 Å². The summed E-state index contributed by atoms with van der Waals surface area (Å²) in [6.45, 7) is 2.02. The Bertz CT molecular complexity index is 943. The van der Waals surface area contributed by atoms with E-state index in [1.807, 2.05) is 20.2 Å². The molecule has 2 aromatic heterocycles. The van der Waals surface area contributed by atoms with Crippen molar-refractivity contribution in [3.8, 4) is 10.6 Å². The average molecular weight is 366 g/mol. The Labute approximate surface area is 157 Å². The molecule has 0 saturated heterocycles. The highest BCUT2D eigenvalue weighted by Gasteiger charge is 2.17. The van der Waals surface area contributed by atoms with E-state index in [0.29, 0.717) is 5.69 Å². The Morgan fingerprint density at radius 2 is 2.08 bits per heavy atom. The third-order valence-electron chi connectivity index (χ3n) is 4.91. The summed E-state index contributed by atoms with van der Waals surface area (Å²) < 4.78 is 1.73. The summed E-state index contributed by atoms with van der Waals surface area (Å²) in [6, 6.07) is 6.56. The standard InChI is InChI=1S/C20H22N4OS/c1-13(15-8-7-14-5-3-4-6-16(14)9-15)22-19(25)18-12-26-20(23-18)17-10-21-24(2)11-17/h7-13H,3-6H2,1-2H3,(H,22,25). The quantitative estimate of drug-likeness (QED) is 0.761. The number of benzene rings is 1. The highest BCUT2D eigenvalue weighted by atomic mass is 32.1. The fourth-order valence-corrected chi connectivity index (χ4v) is 4.19. The molecule has 1 aromatic carbocycles. The highest BCUT2D eigenvalue weighted by Crippen LogP contribution is 2.26. The molecule has 5 nitrogen and oxygen atoms in total. The van der Waals surface area contributed by atoms with Crippen LogP contribution >= 0.6 is 11.3 Å². The molecule has 4 rings (SSSR count). The van der Waals surface area contributed by atoms with Crippen LogP contribution in [0.25, 0.3) is 10.6 Å². The van der Waals surface area contributed by atoms with Crippen molar-refractivity contribution in [2.75, 3.05) is 0 Å². The number of amides is 1. The predicted molar refractivity (Wildman–Crippen MR) is 103 cm³/mol. The molecule has 6 heteroatoms. The normalized spacial score (nSPS) is 14.7. The third-order valence-corrected chi connectivity index (χ3v) is 5.80. The van der Waals surface area contributed by atoms with Gasteiger partial charge in [-0.25, -0.2) is 4.98 Å². The molecule has 134 valence electrons. The molecule has 0 bridgehead atoms. The predicted octanol–water partition coefficient (Wildman–Crippen LogP) is 3.91. The zero-order valence-corrected chi connectivity index (χ0v) is 15.8. The van der Waals surface area contributed by atoms with Crippen LogP contribution in [0.15, 0.2) is 36.0 Å². The van der Waals surface area contributed by atoms with Gasteiger partial charge in [0.05, 0.1) is 12.2 Å². The van der Waals surface area contributed by atoms with Gasteiger partial charge in [0, 0.05) is 24.2 Å². The molecule has 0 fully saturated rings. The Balaban J connectivity index is 1.47. The van der Waals surface area contributed by atoms with Crippen molar-refractivity contribution in [3.63, 3.8) is 0 Å². The minimum Gasteiger partial charge on any atom is -0.344 e. The van der Waals surface area contributed by atoms with E-state index in [9.17, 15) is 4.79 Å². The molecule has 26 heavy (non-hydrogen) atoms. The van der Waals surface area contributed by atoms with E-state index in [-0.39, 0.29) is 11.9 Å². The Morgan fingerprint density at radius 1 is 1.27 bits per heavy atom. The van der Waals surface area contributed by atoms with Crippen molar-refractivity contribution in [2.45, 2.75) is 38.6 Å². The van der Waals surface area contributed by atoms with Gasteiger partial charge in [-0.2, -0.15) is 5.10 Å². The van der Waals surface area contributed by atoms with Gasteiger partial charge in [-0.3, -0.25) is 9.48 Å². The fraction of sp³-hybridized carbons (Fsp3) is 0.350. The van der Waals surface area contributed by atoms with Crippen LogP contribution in [0.4, 0.5) is 0 Å². The minimum atomic E-state index is -0.137. The van der Waals surface area contributed by atoms with Gasteiger partial charge in [0.15, 0.2) is 0 Å². The smallest absolute Gasteiger partial charge is 0.271 e. The molecule has 1 aliphatic rings. The molecule has 1 aliphatic carbocycles. The maximum absolute atomic E-state index is 12.6. The number of hydrogen-bond donors (Lipinski definition) is 1. The molecule has 0 radical (unpaired) electrons. The molecule has 0 aliphatic heterocycles. The van der Waals surface area contributed by atoms with E-state index >= 15 is 0 Å². The minimum absolute atomic E-state index is 0.0433. The van der Waals surface area contributed by atoms with Crippen molar-refractivity contribution < 1.29 is 4.79 Å². The van der Waals surface area contributed by atoms with Gasteiger partial charge in [0.2, 0.25) is 0 Å². The summed E-state index contributed by atoms with van der Waals surface area (Å²) >= 11 is 1.46. The van der Waals surface area contributed by atoms with Gasteiger partial charge in [-0.1, -0.05) is 18.2 Å². The molecule has 1 amide bonds. The molecule has 3 aromatic rings. The lowest BCUT2D eigenvalue weighted by Gasteiger charge is -2.19. The number of thiazole rings is 1. The zero-order chi connectivity index (χ0) is 18.1. The summed E-state index contributed by atoms with van der Waals surface area (Å²) in [5.74, 6) is -0.137. The zero-order valence-electron chi connectivity index (χ0n) is 15.0. The second kappa shape index (κ2) is 7.03. The molecular weight excluding hydrogens is 344 g/mol. The summed E-state index contributed by atoms with van der Waals surface area (Å²) in [6.07, 6.45) is 8.51. The van der Waals surface area contributed by atoms with E-state index in [4.69, 9.17) is 0 Å². The first-order valence-corrected chi connectivity index (χ1v) is 9.85. The van der Waals surface area contributed by atoms with Gasteiger partial charge in [0.1, 0.15) is 10.7 Å². The van der Waals surface area contributed by atoms with Gasteiger partial charge in [-0.05, 0) is 49.3 Å². The van der Waals surface area contributed by atoms with E-state index in [1.54, 1.807) is 16.3 Å². The number of fused-ring (bicyclic) bond motifs is 1.